The van der Waals surface area contributed by atoms with Gasteiger partial charge in [0.05, 0.1) is 0 Å². The average molecular weight is 423 g/mol. The fourth-order valence-electron chi connectivity index (χ4n) is 2.59. The first-order valence-electron chi connectivity index (χ1n) is 9.77. The zero-order chi connectivity index (χ0) is 22.7. The van der Waals surface area contributed by atoms with Crippen LogP contribution >= 0.6 is 0 Å². The van der Waals surface area contributed by atoms with Gasteiger partial charge >= 0.3 is 23.9 Å². The molecule has 0 bridgehead atoms. The molecule has 0 saturated carbocycles. The van der Waals surface area contributed by atoms with E-state index >= 15 is 0 Å². The van der Waals surface area contributed by atoms with Gasteiger partial charge < -0.3 is 24.6 Å². The molecule has 2 atom stereocenters. The van der Waals surface area contributed by atoms with Gasteiger partial charge in [-0.3, -0.25) is 19.2 Å². The van der Waals surface area contributed by atoms with Crippen molar-refractivity contribution in [3.05, 3.63) is 23.8 Å². The number of benzene rings is 1. The molecule has 0 saturated heterocycles. The van der Waals surface area contributed by atoms with Gasteiger partial charge in [-0.15, -0.1) is 0 Å². The van der Waals surface area contributed by atoms with Crippen molar-refractivity contribution < 1.29 is 38.5 Å². The maximum Gasteiger partial charge on any atom is 0.321 e. The minimum Gasteiger partial charge on any atom is -0.480 e. The SMILES string of the molecule is CCCCC(=O)OC(C)CN[C@@H](Cc1ccc(OC(C)=O)c(OC(C)=O)c1)C(=O)O. The van der Waals surface area contributed by atoms with E-state index in [0.717, 1.165) is 12.8 Å². The third-order valence-electron chi connectivity index (χ3n) is 3.97. The van der Waals surface area contributed by atoms with Crippen LogP contribution in [-0.2, 0) is 30.3 Å². The standard InChI is InChI=1S/C21H29NO8/c1-5-6-7-20(25)28-13(2)12-22-17(21(26)27)10-16-8-9-18(29-14(3)23)19(11-16)30-15(4)24/h8-9,11,13,17,22H,5-7,10,12H2,1-4H3,(H,26,27)/t13?,17-/m0/s1. The monoisotopic (exact) mass is 423 g/mol. The van der Waals surface area contributed by atoms with Gasteiger partial charge in [0.15, 0.2) is 11.5 Å². The highest BCUT2D eigenvalue weighted by Crippen LogP contribution is 2.29. The Balaban J connectivity index is 2.80. The zero-order valence-electron chi connectivity index (χ0n) is 17.7. The lowest BCUT2D eigenvalue weighted by atomic mass is 10.0. The Kier molecular flexibility index (Phi) is 10.5. The van der Waals surface area contributed by atoms with Crippen molar-refractivity contribution in [3.63, 3.8) is 0 Å². The third-order valence-corrected chi connectivity index (χ3v) is 3.97. The van der Waals surface area contributed by atoms with Crippen molar-refractivity contribution in [3.8, 4) is 11.5 Å². The van der Waals surface area contributed by atoms with E-state index in [2.05, 4.69) is 5.32 Å². The molecule has 1 rings (SSSR count). The smallest absolute Gasteiger partial charge is 0.321 e. The number of carbonyl (C=O) groups is 4. The van der Waals surface area contributed by atoms with Crippen LogP contribution in [0.1, 0.15) is 52.5 Å². The Morgan fingerprint density at radius 2 is 1.70 bits per heavy atom. The van der Waals surface area contributed by atoms with Crippen LogP contribution in [0.4, 0.5) is 0 Å². The molecule has 166 valence electrons. The van der Waals surface area contributed by atoms with E-state index < -0.39 is 30.1 Å². The molecule has 1 unspecified atom stereocenters. The summed E-state index contributed by atoms with van der Waals surface area (Å²) in [5.41, 5.74) is 0.551. The summed E-state index contributed by atoms with van der Waals surface area (Å²) < 4.78 is 15.3. The second kappa shape index (κ2) is 12.6. The van der Waals surface area contributed by atoms with Crippen molar-refractivity contribution in [2.45, 2.75) is 65.5 Å². The molecule has 2 N–H and O–H groups in total. The second-order valence-electron chi connectivity index (χ2n) is 6.88. The number of hydrogen-bond donors (Lipinski definition) is 2. The maximum absolute atomic E-state index is 11.7. The van der Waals surface area contributed by atoms with Gasteiger partial charge in [-0.1, -0.05) is 19.4 Å². The molecule has 30 heavy (non-hydrogen) atoms. The zero-order valence-corrected chi connectivity index (χ0v) is 17.7. The summed E-state index contributed by atoms with van der Waals surface area (Å²) in [6, 6.07) is 3.50. The Labute approximate surface area is 175 Å². The molecule has 0 aliphatic carbocycles. The number of aliphatic carboxylic acids is 1. The number of rotatable bonds is 12. The summed E-state index contributed by atoms with van der Waals surface area (Å²) in [7, 11) is 0. The predicted molar refractivity (Wildman–Crippen MR) is 107 cm³/mol. The van der Waals surface area contributed by atoms with Crippen LogP contribution < -0.4 is 14.8 Å². The highest BCUT2D eigenvalue weighted by molar-refractivity contribution is 5.75. The molecule has 0 aliphatic rings. The molecule has 0 heterocycles. The molecule has 0 spiro atoms. The molecule has 1 aromatic rings. The van der Waals surface area contributed by atoms with E-state index in [9.17, 15) is 24.3 Å². The Hall–Kier alpha value is -2.94. The quantitative estimate of drug-likeness (QED) is 0.384. The second-order valence-corrected chi connectivity index (χ2v) is 6.88. The highest BCUT2D eigenvalue weighted by Gasteiger charge is 2.21. The first-order chi connectivity index (χ1) is 14.1. The van der Waals surface area contributed by atoms with Crippen molar-refractivity contribution in [1.29, 1.82) is 0 Å². The van der Waals surface area contributed by atoms with E-state index in [0.29, 0.717) is 12.0 Å². The first-order valence-corrected chi connectivity index (χ1v) is 9.77. The summed E-state index contributed by atoms with van der Waals surface area (Å²) in [5.74, 6) is -2.50. The lowest BCUT2D eigenvalue weighted by Gasteiger charge is -2.19. The van der Waals surface area contributed by atoms with Crippen molar-refractivity contribution in [2.24, 2.45) is 0 Å². The summed E-state index contributed by atoms with van der Waals surface area (Å²) in [4.78, 5) is 45.8. The Morgan fingerprint density at radius 1 is 1.07 bits per heavy atom. The molecule has 0 amide bonds. The Bertz CT molecular complexity index is 761. The van der Waals surface area contributed by atoms with Gasteiger partial charge in [0.25, 0.3) is 0 Å². The van der Waals surface area contributed by atoms with Crippen molar-refractivity contribution >= 4 is 23.9 Å². The number of esters is 3. The summed E-state index contributed by atoms with van der Waals surface area (Å²) in [6.07, 6.45) is 1.54. The van der Waals surface area contributed by atoms with Gasteiger partial charge in [0.2, 0.25) is 0 Å². The van der Waals surface area contributed by atoms with Gasteiger partial charge in [-0.2, -0.15) is 0 Å². The van der Waals surface area contributed by atoms with Crippen molar-refractivity contribution in [1.82, 2.24) is 5.32 Å². The number of carboxylic acids is 1. The van der Waals surface area contributed by atoms with Crippen LogP contribution in [0.3, 0.4) is 0 Å². The summed E-state index contributed by atoms with van der Waals surface area (Å²) in [5, 5.41) is 12.4. The van der Waals surface area contributed by atoms with Gasteiger partial charge in [-0.25, -0.2) is 0 Å². The number of carbonyl (C=O) groups excluding carboxylic acids is 3. The van der Waals surface area contributed by atoms with Crippen LogP contribution in [0.25, 0.3) is 0 Å². The van der Waals surface area contributed by atoms with Gasteiger partial charge in [0, 0.05) is 26.8 Å². The molecule has 0 radical (unpaired) electrons. The largest absolute Gasteiger partial charge is 0.480 e. The van der Waals surface area contributed by atoms with Crippen LogP contribution in [0.2, 0.25) is 0 Å². The molecule has 9 nitrogen and oxygen atoms in total. The van der Waals surface area contributed by atoms with E-state index in [1.165, 1.54) is 26.0 Å². The first kappa shape index (κ1) is 25.1. The van der Waals surface area contributed by atoms with Crippen LogP contribution in [-0.4, -0.2) is 47.7 Å². The summed E-state index contributed by atoms with van der Waals surface area (Å²) in [6.45, 7) is 6.24. The lowest BCUT2D eigenvalue weighted by molar-refractivity contribution is -0.148. The number of hydrogen-bond acceptors (Lipinski definition) is 8. The Morgan fingerprint density at radius 3 is 2.27 bits per heavy atom. The predicted octanol–water partition coefficient (Wildman–Crippen LogP) is 2.24. The minimum atomic E-state index is -1.09. The molecular weight excluding hydrogens is 394 g/mol. The number of ether oxygens (including phenoxy) is 3. The lowest BCUT2D eigenvalue weighted by Crippen LogP contribution is -2.42. The third kappa shape index (κ3) is 9.51. The van der Waals surface area contributed by atoms with E-state index in [-0.39, 0.29) is 30.4 Å². The molecular formula is C21H29NO8. The van der Waals surface area contributed by atoms with E-state index in [1.54, 1.807) is 13.0 Å². The highest BCUT2D eigenvalue weighted by atomic mass is 16.6. The van der Waals surface area contributed by atoms with Gasteiger partial charge in [-0.05, 0) is 37.5 Å². The van der Waals surface area contributed by atoms with E-state index in [1.807, 2.05) is 6.92 Å². The molecule has 0 fully saturated rings. The van der Waals surface area contributed by atoms with Crippen molar-refractivity contribution in [2.75, 3.05) is 6.54 Å². The fourth-order valence-corrected chi connectivity index (χ4v) is 2.59. The number of nitrogens with one attached hydrogen (secondary N) is 1. The maximum atomic E-state index is 11.7. The van der Waals surface area contributed by atoms with Crippen LogP contribution in [0, 0.1) is 0 Å². The fraction of sp³-hybridized carbons (Fsp3) is 0.524. The molecule has 0 aliphatic heterocycles. The molecule has 0 aromatic heterocycles. The van der Waals surface area contributed by atoms with Crippen LogP contribution in [0.15, 0.2) is 18.2 Å². The van der Waals surface area contributed by atoms with Gasteiger partial charge in [0.1, 0.15) is 12.1 Å². The molecule has 9 heteroatoms. The number of carboxylic acid groups (broad SMARTS) is 1. The van der Waals surface area contributed by atoms with E-state index in [4.69, 9.17) is 14.2 Å². The van der Waals surface area contributed by atoms with Crippen LogP contribution in [0.5, 0.6) is 11.5 Å². The average Bonchev–Trinajstić information content (AvgIpc) is 2.64. The summed E-state index contributed by atoms with van der Waals surface area (Å²) >= 11 is 0. The topological polar surface area (TPSA) is 128 Å². The normalized spacial score (nSPS) is 12.5. The number of unbranched alkanes of at least 4 members (excludes halogenated alkanes) is 1. The minimum absolute atomic E-state index is 0.0255. The molecule has 1 aromatic carbocycles.